The third kappa shape index (κ3) is 35.8. The SMILES string of the molecule is CCCCC(C(C)=O)C(=O)[O-].CCCCC(C(C)=O)C(=O)[O-].CCCCO.CCCCO.[Zr+2]. The number of carbonyl (C=O) groups excluding carboxylic acids is 4. The Bertz CT molecular complexity index is 395. The second-order valence-corrected chi connectivity index (χ2v) is 7.40. The van der Waals surface area contributed by atoms with Crippen LogP contribution >= 0.6 is 0 Å². The standard InChI is InChI=1S/2C8H14O3.2C4H10O.Zr/c2*1-3-4-5-7(6(2)9)8(10)11;2*1-2-3-4-5;/h2*7H,3-5H2,1-2H3,(H,10,11);2*5H,2-4H2,1H3;/q;;;;+2/p-2. The predicted octanol–water partition coefficient (Wildman–Crippen LogP) is 1.82. The molecule has 8 nitrogen and oxygen atoms in total. The average Bonchev–Trinajstić information content (AvgIpc) is 2.70. The van der Waals surface area contributed by atoms with E-state index in [0.29, 0.717) is 26.1 Å². The van der Waals surface area contributed by atoms with E-state index in [1.807, 2.05) is 13.8 Å². The third-order valence-electron chi connectivity index (χ3n) is 4.27. The molecule has 0 aliphatic heterocycles. The number of unbranched alkanes of at least 4 members (excludes halogenated alkanes) is 4. The second-order valence-electron chi connectivity index (χ2n) is 7.40. The van der Waals surface area contributed by atoms with Crippen molar-refractivity contribution in [3.8, 4) is 0 Å². The molecule has 0 saturated heterocycles. The van der Waals surface area contributed by atoms with E-state index in [2.05, 4.69) is 13.8 Å². The number of carbonyl (C=O) groups is 4. The predicted molar refractivity (Wildman–Crippen MR) is 121 cm³/mol. The monoisotopic (exact) mass is 552 g/mol. The normalized spacial score (nSPS) is 10.9. The van der Waals surface area contributed by atoms with Crippen molar-refractivity contribution in [1.29, 1.82) is 0 Å². The molecule has 0 spiro atoms. The minimum atomic E-state index is -1.24. The molecule has 0 radical (unpaired) electrons. The van der Waals surface area contributed by atoms with E-state index in [4.69, 9.17) is 10.2 Å². The van der Waals surface area contributed by atoms with Gasteiger partial charge >= 0.3 is 26.2 Å². The molecule has 0 aliphatic rings. The van der Waals surface area contributed by atoms with Crippen LogP contribution in [0.1, 0.15) is 106 Å². The van der Waals surface area contributed by atoms with Crippen LogP contribution < -0.4 is 10.2 Å². The number of hydrogen-bond acceptors (Lipinski definition) is 8. The van der Waals surface area contributed by atoms with Crippen molar-refractivity contribution in [2.24, 2.45) is 11.8 Å². The van der Waals surface area contributed by atoms with Gasteiger partial charge < -0.3 is 30.0 Å². The first-order valence-electron chi connectivity index (χ1n) is 11.7. The molecule has 2 atom stereocenters. The zero-order valence-corrected chi connectivity index (χ0v) is 23.9. The van der Waals surface area contributed by atoms with Gasteiger partial charge in [0.05, 0.1) is 23.8 Å². The maximum absolute atomic E-state index is 10.7. The van der Waals surface area contributed by atoms with Gasteiger partial charge in [0.2, 0.25) is 0 Å². The van der Waals surface area contributed by atoms with Crippen LogP contribution in [0, 0.1) is 11.8 Å². The topological polar surface area (TPSA) is 155 Å². The molecule has 2 N–H and O–H groups in total. The maximum Gasteiger partial charge on any atom is 2.00 e. The molecular weight excluding hydrogens is 507 g/mol. The first-order valence-corrected chi connectivity index (χ1v) is 11.7. The molecule has 0 aliphatic carbocycles. The van der Waals surface area contributed by atoms with Crippen LogP contribution in [0.25, 0.3) is 0 Å². The zero-order chi connectivity index (χ0) is 25.9. The molecule has 0 rings (SSSR count). The number of rotatable bonds is 14. The minimum absolute atomic E-state index is 0. The van der Waals surface area contributed by atoms with E-state index >= 15 is 0 Å². The van der Waals surface area contributed by atoms with Crippen molar-refractivity contribution in [3.63, 3.8) is 0 Å². The van der Waals surface area contributed by atoms with Crippen molar-refractivity contribution in [3.05, 3.63) is 0 Å². The Morgan fingerprint density at radius 3 is 0.939 bits per heavy atom. The Balaban J connectivity index is -0.000000112. The number of carboxylic acid groups (broad SMARTS) is 2. The van der Waals surface area contributed by atoms with Crippen LogP contribution in [0.3, 0.4) is 0 Å². The quantitative estimate of drug-likeness (QED) is 0.309. The molecular formula is C24H46O8Zr. The fourth-order valence-electron chi connectivity index (χ4n) is 2.11. The van der Waals surface area contributed by atoms with E-state index in [9.17, 15) is 29.4 Å². The van der Waals surface area contributed by atoms with Gasteiger partial charge in [0.15, 0.2) is 0 Å². The van der Waals surface area contributed by atoms with Crippen LogP contribution in [0.4, 0.5) is 0 Å². The minimum Gasteiger partial charge on any atom is -0.549 e. The van der Waals surface area contributed by atoms with E-state index in [0.717, 1.165) is 51.4 Å². The van der Waals surface area contributed by atoms with E-state index in [-0.39, 0.29) is 37.8 Å². The van der Waals surface area contributed by atoms with Crippen LogP contribution in [0.5, 0.6) is 0 Å². The molecule has 0 amide bonds. The zero-order valence-electron chi connectivity index (χ0n) is 21.5. The number of Topliss-reactive ketones (excluding diaryl/α,β-unsaturated/α-hetero) is 2. The van der Waals surface area contributed by atoms with Gasteiger partial charge in [-0.25, -0.2) is 0 Å². The Kier molecular flexibility index (Phi) is 42.6. The van der Waals surface area contributed by atoms with Gasteiger partial charge in [-0.05, 0) is 39.5 Å². The van der Waals surface area contributed by atoms with Gasteiger partial charge in [0, 0.05) is 13.2 Å². The first kappa shape index (κ1) is 42.3. The molecule has 0 aromatic carbocycles. The number of carboxylic acids is 2. The fourth-order valence-corrected chi connectivity index (χ4v) is 2.11. The van der Waals surface area contributed by atoms with Gasteiger partial charge in [0.25, 0.3) is 0 Å². The van der Waals surface area contributed by atoms with Crippen LogP contribution in [0.2, 0.25) is 0 Å². The summed E-state index contributed by atoms with van der Waals surface area (Å²) in [5.74, 6) is -4.89. The molecule has 0 heterocycles. The van der Waals surface area contributed by atoms with Gasteiger partial charge in [-0.1, -0.05) is 66.2 Å². The Hall–Kier alpha value is -0.917. The maximum atomic E-state index is 10.7. The second kappa shape index (κ2) is 33.3. The van der Waals surface area contributed by atoms with Crippen LogP contribution in [-0.4, -0.2) is 46.9 Å². The molecule has 33 heavy (non-hydrogen) atoms. The Morgan fingerprint density at radius 2 is 0.848 bits per heavy atom. The summed E-state index contributed by atoms with van der Waals surface area (Å²) >= 11 is 0. The molecule has 194 valence electrons. The molecule has 0 saturated carbocycles. The van der Waals surface area contributed by atoms with Crippen molar-refractivity contribution in [1.82, 2.24) is 0 Å². The van der Waals surface area contributed by atoms with Gasteiger partial charge in [-0.15, -0.1) is 0 Å². The summed E-state index contributed by atoms with van der Waals surface area (Å²) in [6.45, 7) is 11.3. The Labute approximate surface area is 219 Å². The number of hydrogen-bond donors (Lipinski definition) is 2. The van der Waals surface area contributed by atoms with Crippen LogP contribution in [0.15, 0.2) is 0 Å². The van der Waals surface area contributed by atoms with Crippen molar-refractivity contribution < 1.29 is 65.8 Å². The molecule has 0 fully saturated rings. The summed E-state index contributed by atoms with van der Waals surface area (Å²) in [5.41, 5.74) is 0. The molecule has 0 aromatic rings. The largest absolute Gasteiger partial charge is 2.00 e. The third-order valence-corrected chi connectivity index (χ3v) is 4.27. The molecule has 2 unspecified atom stereocenters. The first-order chi connectivity index (χ1) is 15.0. The summed E-state index contributed by atoms with van der Waals surface area (Å²) < 4.78 is 0. The molecule has 9 heteroatoms. The van der Waals surface area contributed by atoms with E-state index < -0.39 is 23.8 Å². The van der Waals surface area contributed by atoms with Crippen LogP contribution in [-0.2, 0) is 45.4 Å². The van der Waals surface area contributed by atoms with Crippen molar-refractivity contribution in [2.45, 2.75) is 106 Å². The van der Waals surface area contributed by atoms with Crippen molar-refractivity contribution in [2.75, 3.05) is 13.2 Å². The summed E-state index contributed by atoms with van der Waals surface area (Å²) in [7, 11) is 0. The summed E-state index contributed by atoms with van der Waals surface area (Å²) in [5, 5.41) is 36.8. The molecule has 0 bridgehead atoms. The summed E-state index contributed by atoms with van der Waals surface area (Å²) in [4.78, 5) is 42.0. The molecule has 0 aromatic heterocycles. The van der Waals surface area contributed by atoms with Gasteiger partial charge in [-0.3, -0.25) is 9.59 Å². The Morgan fingerprint density at radius 1 is 0.606 bits per heavy atom. The van der Waals surface area contributed by atoms with Gasteiger partial charge in [0.1, 0.15) is 11.6 Å². The smallest absolute Gasteiger partial charge is 0.549 e. The number of ketones is 2. The number of aliphatic hydroxyl groups excluding tert-OH is 2. The fraction of sp³-hybridized carbons (Fsp3) is 0.833. The van der Waals surface area contributed by atoms with Crippen molar-refractivity contribution >= 4 is 23.5 Å². The number of aliphatic hydroxyl groups is 2. The summed E-state index contributed by atoms with van der Waals surface area (Å²) in [6.07, 6.45) is 8.22. The van der Waals surface area contributed by atoms with E-state index in [1.165, 1.54) is 13.8 Å². The summed E-state index contributed by atoms with van der Waals surface area (Å²) in [6, 6.07) is 0. The number of aliphatic carboxylic acids is 2. The van der Waals surface area contributed by atoms with E-state index in [1.54, 1.807) is 0 Å². The average molecular weight is 554 g/mol. The van der Waals surface area contributed by atoms with Gasteiger partial charge in [-0.2, -0.15) is 0 Å².